The molecular weight excluding hydrogens is 404 g/mol. The van der Waals surface area contributed by atoms with E-state index in [4.69, 9.17) is 9.47 Å². The lowest BCUT2D eigenvalue weighted by molar-refractivity contribution is -0.127. The van der Waals surface area contributed by atoms with Gasteiger partial charge in [-0.3, -0.25) is 9.59 Å². The van der Waals surface area contributed by atoms with Gasteiger partial charge in [-0.05, 0) is 55.3 Å². The Bertz CT molecular complexity index is 1160. The minimum atomic E-state index is -0.620. The molecule has 0 bridgehead atoms. The molecule has 0 radical (unpaired) electrons. The summed E-state index contributed by atoms with van der Waals surface area (Å²) in [5.74, 6) is 0.998. The second kappa shape index (κ2) is 8.91. The van der Waals surface area contributed by atoms with Crippen molar-refractivity contribution in [2.45, 2.75) is 27.2 Å². The molecule has 0 aliphatic carbocycles. The van der Waals surface area contributed by atoms with Crippen LogP contribution in [0.5, 0.6) is 11.5 Å². The average molecular weight is 433 g/mol. The van der Waals surface area contributed by atoms with Gasteiger partial charge in [0.25, 0.3) is 5.91 Å². The number of rotatable bonds is 6. The predicted molar refractivity (Wildman–Crippen MR) is 126 cm³/mol. The van der Waals surface area contributed by atoms with E-state index in [1.807, 2.05) is 69.3 Å². The lowest BCUT2D eigenvalue weighted by atomic mass is 9.93. The quantitative estimate of drug-likeness (QED) is 0.594. The number of hydrogen-bond acceptors (Lipinski definition) is 4. The van der Waals surface area contributed by atoms with E-state index in [0.717, 1.165) is 22.9 Å². The summed E-state index contributed by atoms with van der Waals surface area (Å²) in [5.41, 5.74) is 0.706. The molecule has 32 heavy (non-hydrogen) atoms. The van der Waals surface area contributed by atoms with Crippen molar-refractivity contribution in [1.29, 1.82) is 0 Å². The molecule has 1 heterocycles. The standard InChI is InChI=1S/C26H28N2O4/c1-4-13-28-22-12-10-20(15-23(22)32-17-26(2,3)25(28)30)27-24(29)16-31-21-11-9-18-7-5-6-8-19(18)14-21/h5-12,14-15H,4,13,16-17H2,1-3H3,(H,27,29). The SMILES string of the molecule is CCCN1C(=O)C(C)(C)COc2cc(NC(=O)COc3ccc4ccccc4c3)ccc21. The molecule has 4 rings (SSSR count). The fourth-order valence-corrected chi connectivity index (χ4v) is 3.77. The smallest absolute Gasteiger partial charge is 0.262 e. The molecule has 0 spiro atoms. The van der Waals surface area contributed by atoms with Gasteiger partial charge in [-0.15, -0.1) is 0 Å². The Labute approximate surface area is 188 Å². The number of amides is 2. The molecule has 6 heteroatoms. The largest absolute Gasteiger partial charge is 0.490 e. The van der Waals surface area contributed by atoms with Gasteiger partial charge in [0.05, 0.1) is 11.1 Å². The third kappa shape index (κ3) is 4.54. The van der Waals surface area contributed by atoms with Crippen LogP contribution < -0.4 is 19.7 Å². The number of ether oxygens (including phenoxy) is 2. The first kappa shape index (κ1) is 21.7. The number of carbonyl (C=O) groups excluding carboxylic acids is 2. The molecule has 0 fully saturated rings. The summed E-state index contributed by atoms with van der Waals surface area (Å²) >= 11 is 0. The van der Waals surface area contributed by atoms with Crippen molar-refractivity contribution in [1.82, 2.24) is 0 Å². The van der Waals surface area contributed by atoms with Crippen LogP contribution in [0.1, 0.15) is 27.2 Å². The third-order valence-electron chi connectivity index (χ3n) is 5.49. The second-order valence-electron chi connectivity index (χ2n) is 8.66. The van der Waals surface area contributed by atoms with Crippen LogP contribution in [-0.4, -0.2) is 31.6 Å². The fourth-order valence-electron chi connectivity index (χ4n) is 3.77. The van der Waals surface area contributed by atoms with Crippen LogP contribution >= 0.6 is 0 Å². The Balaban J connectivity index is 1.45. The molecule has 0 unspecified atom stereocenters. The Kier molecular flexibility index (Phi) is 6.04. The van der Waals surface area contributed by atoms with Crippen molar-refractivity contribution in [2.24, 2.45) is 5.41 Å². The molecule has 3 aromatic carbocycles. The summed E-state index contributed by atoms with van der Waals surface area (Å²) in [4.78, 5) is 27.2. The summed E-state index contributed by atoms with van der Waals surface area (Å²) in [5, 5.41) is 5.03. The van der Waals surface area contributed by atoms with Gasteiger partial charge in [-0.1, -0.05) is 37.3 Å². The van der Waals surface area contributed by atoms with Gasteiger partial charge in [-0.2, -0.15) is 0 Å². The number of nitrogens with zero attached hydrogens (tertiary/aromatic N) is 1. The van der Waals surface area contributed by atoms with Crippen LogP contribution in [0.2, 0.25) is 0 Å². The maximum Gasteiger partial charge on any atom is 0.262 e. The highest BCUT2D eigenvalue weighted by Gasteiger charge is 2.37. The predicted octanol–water partition coefficient (Wildman–Crippen LogP) is 5.02. The van der Waals surface area contributed by atoms with Crippen LogP contribution in [0.25, 0.3) is 10.8 Å². The zero-order chi connectivity index (χ0) is 22.7. The van der Waals surface area contributed by atoms with Gasteiger partial charge in [0.2, 0.25) is 5.91 Å². The molecule has 0 saturated carbocycles. The summed E-state index contributed by atoms with van der Waals surface area (Å²) < 4.78 is 11.6. The summed E-state index contributed by atoms with van der Waals surface area (Å²) in [6.07, 6.45) is 0.839. The lowest BCUT2D eigenvalue weighted by Gasteiger charge is -2.27. The van der Waals surface area contributed by atoms with Crippen LogP contribution in [0, 0.1) is 5.41 Å². The molecule has 1 N–H and O–H groups in total. The number of benzene rings is 3. The first-order valence-corrected chi connectivity index (χ1v) is 10.9. The number of anilines is 2. The first-order chi connectivity index (χ1) is 15.4. The fraction of sp³-hybridized carbons (Fsp3) is 0.308. The van der Waals surface area contributed by atoms with Crippen LogP contribution in [0.3, 0.4) is 0 Å². The molecule has 1 aliphatic heterocycles. The summed E-state index contributed by atoms with van der Waals surface area (Å²) in [6.45, 7) is 6.60. The van der Waals surface area contributed by atoms with E-state index in [1.54, 1.807) is 17.0 Å². The normalized spacial score (nSPS) is 15.0. The van der Waals surface area contributed by atoms with E-state index in [-0.39, 0.29) is 25.0 Å². The van der Waals surface area contributed by atoms with E-state index >= 15 is 0 Å². The Morgan fingerprint density at radius 3 is 2.66 bits per heavy atom. The highest BCUT2D eigenvalue weighted by molar-refractivity contribution is 6.00. The van der Waals surface area contributed by atoms with Gasteiger partial charge in [0, 0.05) is 18.3 Å². The Morgan fingerprint density at radius 1 is 1.09 bits per heavy atom. The number of fused-ring (bicyclic) bond motifs is 2. The zero-order valence-electron chi connectivity index (χ0n) is 18.7. The molecule has 6 nitrogen and oxygen atoms in total. The van der Waals surface area contributed by atoms with Gasteiger partial charge in [0.15, 0.2) is 6.61 Å². The Morgan fingerprint density at radius 2 is 1.88 bits per heavy atom. The van der Waals surface area contributed by atoms with Crippen molar-refractivity contribution in [3.05, 3.63) is 60.7 Å². The van der Waals surface area contributed by atoms with Gasteiger partial charge < -0.3 is 19.7 Å². The minimum Gasteiger partial charge on any atom is -0.490 e. The monoisotopic (exact) mass is 432 g/mol. The highest BCUT2D eigenvalue weighted by Crippen LogP contribution is 2.38. The molecule has 2 amide bonds. The maximum absolute atomic E-state index is 12.9. The molecule has 0 saturated heterocycles. The van der Waals surface area contributed by atoms with Crippen LogP contribution in [-0.2, 0) is 9.59 Å². The van der Waals surface area contributed by atoms with Crippen molar-refractivity contribution in [3.63, 3.8) is 0 Å². The van der Waals surface area contributed by atoms with Crippen LogP contribution in [0.4, 0.5) is 11.4 Å². The van der Waals surface area contributed by atoms with Crippen LogP contribution in [0.15, 0.2) is 60.7 Å². The number of hydrogen-bond donors (Lipinski definition) is 1. The van der Waals surface area contributed by atoms with E-state index in [0.29, 0.717) is 23.7 Å². The molecule has 3 aromatic rings. The molecule has 0 aromatic heterocycles. The summed E-state index contributed by atoms with van der Waals surface area (Å²) in [7, 11) is 0. The molecular formula is C26H28N2O4. The lowest BCUT2D eigenvalue weighted by Crippen LogP contribution is -2.42. The number of nitrogens with one attached hydrogen (secondary N) is 1. The zero-order valence-corrected chi connectivity index (χ0v) is 18.7. The second-order valence-corrected chi connectivity index (χ2v) is 8.66. The van der Waals surface area contributed by atoms with E-state index in [2.05, 4.69) is 5.32 Å². The van der Waals surface area contributed by atoms with Gasteiger partial charge >= 0.3 is 0 Å². The van der Waals surface area contributed by atoms with Crippen molar-refractivity contribution in [2.75, 3.05) is 30.0 Å². The minimum absolute atomic E-state index is 0.0404. The van der Waals surface area contributed by atoms with E-state index in [1.165, 1.54) is 0 Å². The van der Waals surface area contributed by atoms with E-state index < -0.39 is 5.41 Å². The van der Waals surface area contributed by atoms with Gasteiger partial charge in [0.1, 0.15) is 18.1 Å². The molecule has 166 valence electrons. The maximum atomic E-state index is 12.9. The van der Waals surface area contributed by atoms with Gasteiger partial charge in [-0.25, -0.2) is 0 Å². The average Bonchev–Trinajstić information content (AvgIpc) is 2.88. The summed E-state index contributed by atoms with van der Waals surface area (Å²) in [6, 6.07) is 19.1. The van der Waals surface area contributed by atoms with Crippen molar-refractivity contribution < 1.29 is 19.1 Å². The first-order valence-electron chi connectivity index (χ1n) is 10.9. The highest BCUT2D eigenvalue weighted by atomic mass is 16.5. The molecule has 1 aliphatic rings. The Hall–Kier alpha value is -3.54. The molecule has 0 atom stereocenters. The van der Waals surface area contributed by atoms with E-state index in [9.17, 15) is 9.59 Å². The number of carbonyl (C=O) groups is 2. The van der Waals surface area contributed by atoms with Crippen molar-refractivity contribution >= 4 is 34.0 Å². The third-order valence-corrected chi connectivity index (χ3v) is 5.49. The van der Waals surface area contributed by atoms with Crippen molar-refractivity contribution in [3.8, 4) is 11.5 Å². The topological polar surface area (TPSA) is 67.9 Å².